The second-order valence-corrected chi connectivity index (χ2v) is 3.96. The number of ether oxygens (including phenoxy) is 2. The van der Waals surface area contributed by atoms with Gasteiger partial charge in [0.05, 0.1) is 13.7 Å². The van der Waals surface area contributed by atoms with Gasteiger partial charge in [-0.15, -0.1) is 4.98 Å². The lowest BCUT2D eigenvalue weighted by Gasteiger charge is -2.07. The summed E-state index contributed by atoms with van der Waals surface area (Å²) in [7, 11) is 1.47. The van der Waals surface area contributed by atoms with Gasteiger partial charge in [0, 0.05) is 0 Å². The highest BCUT2D eigenvalue weighted by Gasteiger charge is 2.06. The van der Waals surface area contributed by atoms with Crippen LogP contribution in [0.4, 0.5) is 5.95 Å². The lowest BCUT2D eigenvalue weighted by molar-refractivity contribution is 0.267. The molecule has 1 aromatic rings. The Hall–Kier alpha value is -1.63. The number of nitrogens with zero attached hydrogens (tertiary/aromatic N) is 3. The molecule has 0 radical (unpaired) electrons. The van der Waals surface area contributed by atoms with Crippen LogP contribution < -0.4 is 20.7 Å². The van der Waals surface area contributed by atoms with Gasteiger partial charge in [-0.1, -0.05) is 13.8 Å². The molecule has 0 bridgehead atoms. The molecule has 1 rings (SSSR count). The van der Waals surface area contributed by atoms with Gasteiger partial charge < -0.3 is 9.47 Å². The van der Waals surface area contributed by atoms with E-state index >= 15 is 0 Å². The summed E-state index contributed by atoms with van der Waals surface area (Å²) < 4.78 is 10.3. The first-order valence-corrected chi connectivity index (χ1v) is 5.55. The highest BCUT2D eigenvalue weighted by Crippen LogP contribution is 2.12. The summed E-state index contributed by atoms with van der Waals surface area (Å²) in [5.41, 5.74) is 2.33. The molecule has 0 fully saturated rings. The topological polar surface area (TPSA) is 95.2 Å². The summed E-state index contributed by atoms with van der Waals surface area (Å²) in [5.74, 6) is 6.10. The molecule has 0 unspecified atom stereocenters. The van der Waals surface area contributed by atoms with Crippen LogP contribution in [-0.4, -0.2) is 28.7 Å². The smallest absolute Gasteiger partial charge is 0.324 e. The van der Waals surface area contributed by atoms with Crippen LogP contribution >= 0.6 is 0 Å². The van der Waals surface area contributed by atoms with Crippen molar-refractivity contribution >= 4 is 5.95 Å². The molecule has 96 valence electrons. The molecule has 0 aromatic carbocycles. The number of rotatable bonds is 7. The van der Waals surface area contributed by atoms with Crippen molar-refractivity contribution in [2.24, 2.45) is 11.8 Å². The first kappa shape index (κ1) is 13.4. The Bertz CT molecular complexity index is 323. The Morgan fingerprint density at radius 1 is 1.24 bits per heavy atom. The molecule has 0 aliphatic heterocycles. The van der Waals surface area contributed by atoms with Crippen LogP contribution in [0.1, 0.15) is 26.7 Å². The van der Waals surface area contributed by atoms with E-state index in [-0.39, 0.29) is 18.0 Å². The Kier molecular flexibility index (Phi) is 5.41. The zero-order valence-electron chi connectivity index (χ0n) is 10.4. The molecular weight excluding hydrogens is 222 g/mol. The van der Waals surface area contributed by atoms with Gasteiger partial charge in [-0.05, 0) is 18.8 Å². The number of aromatic nitrogens is 3. The Morgan fingerprint density at radius 3 is 2.53 bits per heavy atom. The number of nitrogens with one attached hydrogen (secondary N) is 1. The average molecular weight is 241 g/mol. The van der Waals surface area contributed by atoms with E-state index in [4.69, 9.17) is 15.3 Å². The van der Waals surface area contributed by atoms with Crippen molar-refractivity contribution in [3.8, 4) is 12.0 Å². The van der Waals surface area contributed by atoms with Crippen LogP contribution in [0.15, 0.2) is 0 Å². The minimum Gasteiger partial charge on any atom is -0.467 e. The molecular formula is C10H19N5O2. The van der Waals surface area contributed by atoms with E-state index in [1.807, 2.05) is 0 Å². The third-order valence-corrected chi connectivity index (χ3v) is 2.06. The lowest BCUT2D eigenvalue weighted by atomic mass is 10.1. The SMILES string of the molecule is COc1nc(NN)nc(OCCCC(C)C)n1. The Balaban J connectivity index is 2.51. The third-order valence-electron chi connectivity index (χ3n) is 2.06. The molecule has 0 spiro atoms. The number of hydrogen-bond donors (Lipinski definition) is 2. The summed E-state index contributed by atoms with van der Waals surface area (Å²) in [6.07, 6.45) is 2.06. The van der Waals surface area contributed by atoms with Crippen molar-refractivity contribution in [1.82, 2.24) is 15.0 Å². The quantitative estimate of drug-likeness (QED) is 0.417. The monoisotopic (exact) mass is 241 g/mol. The van der Waals surface area contributed by atoms with Crippen molar-refractivity contribution in [3.63, 3.8) is 0 Å². The number of hydrazine groups is 1. The van der Waals surface area contributed by atoms with Gasteiger partial charge in [0.25, 0.3) is 0 Å². The summed E-state index contributed by atoms with van der Waals surface area (Å²) in [5, 5.41) is 0. The van der Waals surface area contributed by atoms with Crippen molar-refractivity contribution in [2.45, 2.75) is 26.7 Å². The predicted octanol–water partition coefficient (Wildman–Crippen LogP) is 0.981. The summed E-state index contributed by atoms with van der Waals surface area (Å²) >= 11 is 0. The fourth-order valence-corrected chi connectivity index (χ4v) is 1.21. The Labute approximate surface area is 101 Å². The number of methoxy groups -OCH3 is 1. The molecule has 7 heteroatoms. The first-order chi connectivity index (χ1) is 8.15. The van der Waals surface area contributed by atoms with Crippen LogP contribution in [0, 0.1) is 5.92 Å². The highest BCUT2D eigenvalue weighted by molar-refractivity contribution is 5.25. The van der Waals surface area contributed by atoms with Crippen molar-refractivity contribution in [2.75, 3.05) is 19.1 Å². The van der Waals surface area contributed by atoms with Crippen molar-refractivity contribution < 1.29 is 9.47 Å². The molecule has 0 saturated carbocycles. The van der Waals surface area contributed by atoms with Crippen LogP contribution in [0.3, 0.4) is 0 Å². The lowest BCUT2D eigenvalue weighted by Crippen LogP contribution is -2.13. The van der Waals surface area contributed by atoms with Gasteiger partial charge in [0.2, 0.25) is 5.95 Å². The fraction of sp³-hybridized carbons (Fsp3) is 0.700. The molecule has 0 saturated heterocycles. The van der Waals surface area contributed by atoms with E-state index in [0.29, 0.717) is 12.5 Å². The highest BCUT2D eigenvalue weighted by atomic mass is 16.5. The van der Waals surface area contributed by atoms with Crippen LogP contribution in [-0.2, 0) is 0 Å². The minimum absolute atomic E-state index is 0.173. The van der Waals surface area contributed by atoms with E-state index in [0.717, 1.165) is 12.8 Å². The molecule has 1 heterocycles. The van der Waals surface area contributed by atoms with Crippen LogP contribution in [0.2, 0.25) is 0 Å². The molecule has 0 aliphatic rings. The summed E-state index contributed by atoms with van der Waals surface area (Å²) in [6.45, 7) is 4.90. The zero-order chi connectivity index (χ0) is 12.7. The maximum absolute atomic E-state index is 5.40. The van der Waals surface area contributed by atoms with Crippen molar-refractivity contribution in [1.29, 1.82) is 0 Å². The maximum atomic E-state index is 5.40. The predicted molar refractivity (Wildman–Crippen MR) is 63.8 cm³/mol. The zero-order valence-corrected chi connectivity index (χ0v) is 10.4. The molecule has 0 amide bonds. The first-order valence-electron chi connectivity index (χ1n) is 5.55. The van der Waals surface area contributed by atoms with E-state index < -0.39 is 0 Å². The van der Waals surface area contributed by atoms with Gasteiger partial charge in [0.1, 0.15) is 0 Å². The average Bonchev–Trinajstić information content (AvgIpc) is 2.34. The maximum Gasteiger partial charge on any atom is 0.324 e. The van der Waals surface area contributed by atoms with Gasteiger partial charge in [-0.2, -0.15) is 9.97 Å². The van der Waals surface area contributed by atoms with Gasteiger partial charge >= 0.3 is 12.0 Å². The normalized spacial score (nSPS) is 10.4. The summed E-state index contributed by atoms with van der Waals surface area (Å²) in [6, 6.07) is 0.389. The molecule has 7 nitrogen and oxygen atoms in total. The van der Waals surface area contributed by atoms with Gasteiger partial charge in [-0.3, -0.25) is 5.43 Å². The number of anilines is 1. The number of nitrogens with two attached hydrogens (primary N) is 1. The Morgan fingerprint density at radius 2 is 1.94 bits per heavy atom. The number of hydrogen-bond acceptors (Lipinski definition) is 7. The standard InChI is InChI=1S/C10H19N5O2/c1-7(2)5-4-6-17-10-13-8(15-11)12-9(14-10)16-3/h7H,4-6,11H2,1-3H3,(H,12,13,14,15). The molecule has 0 aliphatic carbocycles. The van der Waals surface area contributed by atoms with Gasteiger partial charge in [0.15, 0.2) is 0 Å². The largest absolute Gasteiger partial charge is 0.467 e. The number of nitrogen functional groups attached to an aromatic ring is 1. The molecule has 17 heavy (non-hydrogen) atoms. The minimum atomic E-state index is 0.173. The van der Waals surface area contributed by atoms with E-state index in [2.05, 4.69) is 34.2 Å². The fourth-order valence-electron chi connectivity index (χ4n) is 1.21. The molecule has 3 N–H and O–H groups in total. The molecule has 0 atom stereocenters. The van der Waals surface area contributed by atoms with E-state index in [1.165, 1.54) is 7.11 Å². The summed E-state index contributed by atoms with van der Waals surface area (Å²) in [4.78, 5) is 11.8. The third kappa shape index (κ3) is 4.81. The van der Waals surface area contributed by atoms with Crippen molar-refractivity contribution in [3.05, 3.63) is 0 Å². The molecule has 1 aromatic heterocycles. The van der Waals surface area contributed by atoms with Gasteiger partial charge in [-0.25, -0.2) is 5.84 Å². The second kappa shape index (κ2) is 6.85. The van der Waals surface area contributed by atoms with E-state index in [1.54, 1.807) is 0 Å². The van der Waals surface area contributed by atoms with E-state index in [9.17, 15) is 0 Å². The van der Waals surface area contributed by atoms with Crippen LogP contribution in [0.5, 0.6) is 12.0 Å². The second-order valence-electron chi connectivity index (χ2n) is 3.96. The van der Waals surface area contributed by atoms with Crippen LogP contribution in [0.25, 0.3) is 0 Å².